The van der Waals surface area contributed by atoms with Gasteiger partial charge in [0.25, 0.3) is 0 Å². The van der Waals surface area contributed by atoms with Gasteiger partial charge in [0.2, 0.25) is 0 Å². The Morgan fingerprint density at radius 1 is 1.67 bits per heavy atom. The lowest BCUT2D eigenvalue weighted by atomic mass is 10.3. The van der Waals surface area contributed by atoms with Crippen molar-refractivity contribution < 1.29 is 18.9 Å². The van der Waals surface area contributed by atoms with E-state index >= 15 is 0 Å². The van der Waals surface area contributed by atoms with E-state index in [1.165, 1.54) is 31.0 Å². The highest BCUT2D eigenvalue weighted by atomic mass is 32.2. The van der Waals surface area contributed by atoms with Gasteiger partial charge in [0.1, 0.15) is 10.7 Å². The van der Waals surface area contributed by atoms with Crippen molar-refractivity contribution in [2.24, 2.45) is 0 Å². The minimum Gasteiger partial charge on any atom is -0.469 e. The van der Waals surface area contributed by atoms with Crippen LogP contribution < -0.4 is 0 Å². The van der Waals surface area contributed by atoms with E-state index in [1.54, 1.807) is 11.5 Å². The predicted octanol–water partition coefficient (Wildman–Crippen LogP) is 2.84. The first-order chi connectivity index (χ1) is 8.52. The third-order valence-electron chi connectivity index (χ3n) is 2.02. The molecule has 0 aromatic carbocycles. The number of thioether (sulfide) groups is 1. The van der Waals surface area contributed by atoms with Crippen LogP contribution in [0.15, 0.2) is 22.0 Å². The first-order valence-corrected chi connectivity index (χ1v) is 6.10. The molecule has 7 heteroatoms. The zero-order chi connectivity index (χ0) is 13.5. The molecule has 0 aliphatic heterocycles. The lowest BCUT2D eigenvalue weighted by Gasteiger charge is -2.05. The minimum atomic E-state index is -0.593. The number of hydrogen-bond acceptors (Lipinski definition) is 6. The molecule has 0 saturated heterocycles. The summed E-state index contributed by atoms with van der Waals surface area (Å²) in [7, 11) is 1.34. The Bertz CT molecular complexity index is 454. The van der Waals surface area contributed by atoms with Crippen molar-refractivity contribution in [1.29, 1.82) is 0 Å². The average Bonchev–Trinajstić information content (AvgIpc) is 2.77. The molecule has 0 bridgehead atoms. The highest BCUT2D eigenvalue weighted by Crippen LogP contribution is 2.20. The second kappa shape index (κ2) is 6.85. The molecule has 1 aromatic rings. The van der Waals surface area contributed by atoms with Crippen molar-refractivity contribution in [3.05, 3.63) is 33.4 Å². The minimum absolute atomic E-state index is 0.0682. The van der Waals surface area contributed by atoms with Crippen LogP contribution in [-0.2, 0) is 9.53 Å². The zero-order valence-corrected chi connectivity index (χ0v) is 10.8. The van der Waals surface area contributed by atoms with Gasteiger partial charge in [0, 0.05) is 5.25 Å². The van der Waals surface area contributed by atoms with E-state index in [1.807, 2.05) is 6.92 Å². The zero-order valence-electron chi connectivity index (χ0n) is 9.99. The largest absolute Gasteiger partial charge is 0.469 e. The highest BCUT2D eigenvalue weighted by Gasteiger charge is 2.10. The number of methoxy groups -OCH3 is 1. The molecule has 0 spiro atoms. The molecule has 0 aliphatic rings. The van der Waals surface area contributed by atoms with Gasteiger partial charge >= 0.3 is 11.9 Å². The molecule has 0 amide bonds. The Hall–Kier alpha value is -1.76. The summed E-state index contributed by atoms with van der Waals surface area (Å²) in [6, 6.07) is 2.81. The summed E-state index contributed by atoms with van der Waals surface area (Å²) in [5.41, 5.74) is 0. The SMILES string of the molecule is COC(=O)CC(C)SC=Cc1ccc([N+](=O)[O-])o1. The normalized spacial score (nSPS) is 12.6. The molecule has 98 valence electrons. The maximum absolute atomic E-state index is 11.0. The molecule has 0 N–H and O–H groups in total. The number of carbonyl (C=O) groups excluding carboxylic acids is 1. The fourth-order valence-electron chi connectivity index (χ4n) is 1.14. The lowest BCUT2D eigenvalue weighted by molar-refractivity contribution is -0.402. The van der Waals surface area contributed by atoms with Gasteiger partial charge in [0.15, 0.2) is 0 Å². The standard InChI is InChI=1S/C11H13NO5S/c1-8(7-11(13)16-2)18-6-5-9-3-4-10(17-9)12(14)15/h3-6,8H,7H2,1-2H3. The molecule has 1 rings (SSSR count). The van der Waals surface area contributed by atoms with E-state index < -0.39 is 4.92 Å². The molecule has 0 saturated carbocycles. The summed E-state index contributed by atoms with van der Waals surface area (Å²) in [6.07, 6.45) is 1.93. The van der Waals surface area contributed by atoms with E-state index in [0.29, 0.717) is 12.2 Å². The second-order valence-electron chi connectivity index (χ2n) is 3.46. The third-order valence-corrected chi connectivity index (χ3v) is 2.94. The molecule has 1 heterocycles. The summed E-state index contributed by atoms with van der Waals surface area (Å²) >= 11 is 1.42. The van der Waals surface area contributed by atoms with Gasteiger partial charge in [-0.15, -0.1) is 11.8 Å². The predicted molar refractivity (Wildman–Crippen MR) is 68.1 cm³/mol. The van der Waals surface area contributed by atoms with Gasteiger partial charge in [-0.05, 0) is 17.6 Å². The number of esters is 1. The van der Waals surface area contributed by atoms with Crippen molar-refractivity contribution in [2.75, 3.05) is 7.11 Å². The van der Waals surface area contributed by atoms with Crippen LogP contribution in [0.25, 0.3) is 6.08 Å². The fraction of sp³-hybridized carbons (Fsp3) is 0.364. The maximum Gasteiger partial charge on any atom is 0.433 e. The van der Waals surface area contributed by atoms with Gasteiger partial charge in [-0.2, -0.15) is 0 Å². The average molecular weight is 271 g/mol. The molecule has 1 aromatic heterocycles. The van der Waals surface area contributed by atoms with E-state index in [0.717, 1.165) is 0 Å². The molecule has 1 unspecified atom stereocenters. The number of ether oxygens (including phenoxy) is 1. The Labute approximate surface area is 108 Å². The van der Waals surface area contributed by atoms with E-state index in [4.69, 9.17) is 4.42 Å². The van der Waals surface area contributed by atoms with Gasteiger partial charge in [-0.3, -0.25) is 14.9 Å². The first-order valence-electron chi connectivity index (χ1n) is 5.16. The quantitative estimate of drug-likeness (QED) is 0.449. The van der Waals surface area contributed by atoms with Gasteiger partial charge in [-0.1, -0.05) is 6.92 Å². The van der Waals surface area contributed by atoms with E-state index in [9.17, 15) is 14.9 Å². The van der Waals surface area contributed by atoms with Crippen LogP contribution in [0.4, 0.5) is 5.88 Å². The Kier molecular flexibility index (Phi) is 5.44. The molecular weight excluding hydrogens is 258 g/mol. The smallest absolute Gasteiger partial charge is 0.433 e. The summed E-state index contributed by atoms with van der Waals surface area (Å²) in [5, 5.41) is 12.2. The van der Waals surface area contributed by atoms with Gasteiger partial charge in [0.05, 0.1) is 19.6 Å². The fourth-order valence-corrected chi connectivity index (χ4v) is 1.85. The number of rotatable bonds is 6. The molecule has 0 radical (unpaired) electrons. The maximum atomic E-state index is 11.0. The molecular formula is C11H13NO5S. The van der Waals surface area contributed by atoms with Crippen molar-refractivity contribution in [3.8, 4) is 0 Å². The number of furan rings is 1. The third kappa shape index (κ3) is 4.62. The topological polar surface area (TPSA) is 82.6 Å². The van der Waals surface area contributed by atoms with Crippen LogP contribution in [0.1, 0.15) is 19.1 Å². The van der Waals surface area contributed by atoms with Gasteiger partial charge in [-0.25, -0.2) is 0 Å². The number of hydrogen-bond donors (Lipinski definition) is 0. The summed E-state index contributed by atoms with van der Waals surface area (Å²) in [4.78, 5) is 20.8. The lowest BCUT2D eigenvalue weighted by Crippen LogP contribution is -2.07. The van der Waals surface area contributed by atoms with Crippen molar-refractivity contribution >= 4 is 29.7 Å². The number of nitrogens with zero attached hydrogens (tertiary/aromatic N) is 1. The van der Waals surface area contributed by atoms with Crippen LogP contribution in [0.3, 0.4) is 0 Å². The molecule has 0 fully saturated rings. The Morgan fingerprint density at radius 2 is 2.39 bits per heavy atom. The number of nitro groups is 1. The van der Waals surface area contributed by atoms with Crippen molar-refractivity contribution in [3.63, 3.8) is 0 Å². The van der Waals surface area contributed by atoms with Crippen LogP contribution >= 0.6 is 11.8 Å². The molecule has 0 aliphatic carbocycles. The molecule has 6 nitrogen and oxygen atoms in total. The monoisotopic (exact) mass is 271 g/mol. The van der Waals surface area contributed by atoms with Crippen LogP contribution in [0, 0.1) is 10.1 Å². The second-order valence-corrected chi connectivity index (χ2v) is 4.81. The molecule has 1 atom stereocenters. The van der Waals surface area contributed by atoms with Gasteiger partial charge < -0.3 is 9.15 Å². The Morgan fingerprint density at radius 3 is 2.94 bits per heavy atom. The van der Waals surface area contributed by atoms with Crippen molar-refractivity contribution in [2.45, 2.75) is 18.6 Å². The molecule has 18 heavy (non-hydrogen) atoms. The Balaban J connectivity index is 2.44. The summed E-state index contributed by atoms with van der Waals surface area (Å²) < 4.78 is 9.48. The van der Waals surface area contributed by atoms with Crippen LogP contribution in [0.2, 0.25) is 0 Å². The first kappa shape index (κ1) is 14.3. The summed E-state index contributed by atoms with van der Waals surface area (Å²) in [6.45, 7) is 1.89. The van der Waals surface area contributed by atoms with Crippen LogP contribution in [0.5, 0.6) is 0 Å². The van der Waals surface area contributed by atoms with E-state index in [2.05, 4.69) is 4.74 Å². The van der Waals surface area contributed by atoms with Crippen LogP contribution in [-0.4, -0.2) is 23.3 Å². The van der Waals surface area contributed by atoms with Crippen molar-refractivity contribution in [1.82, 2.24) is 0 Å². The summed E-state index contributed by atoms with van der Waals surface area (Å²) in [5.74, 6) is -0.154. The highest BCUT2D eigenvalue weighted by molar-refractivity contribution is 8.02. The number of carbonyl (C=O) groups is 1. The van der Waals surface area contributed by atoms with E-state index in [-0.39, 0.29) is 17.1 Å².